The highest BCUT2D eigenvalue weighted by atomic mass is 16.2. The summed E-state index contributed by atoms with van der Waals surface area (Å²) in [5, 5.41) is 11.4. The molecule has 2 aromatic heterocycles. The molecule has 0 spiro atoms. The second-order valence-electron chi connectivity index (χ2n) is 6.03. The van der Waals surface area contributed by atoms with Crippen molar-refractivity contribution in [3.8, 4) is 0 Å². The molecule has 1 aliphatic rings. The highest BCUT2D eigenvalue weighted by molar-refractivity contribution is 5.75. The van der Waals surface area contributed by atoms with Gasteiger partial charge in [-0.25, -0.2) is 4.68 Å². The Bertz CT molecular complexity index is 773. The van der Waals surface area contributed by atoms with Crippen LogP contribution >= 0.6 is 0 Å². The molecule has 1 N–H and O–H groups in total. The van der Waals surface area contributed by atoms with E-state index in [0.29, 0.717) is 19.0 Å². The molecule has 0 saturated heterocycles. The molecule has 3 rings (SSSR count). The monoisotopic (exact) mass is 315 g/mol. The van der Waals surface area contributed by atoms with Crippen molar-refractivity contribution in [3.63, 3.8) is 0 Å². The number of carbonyl (C=O) groups excluding carboxylic acids is 1. The highest BCUT2D eigenvalue weighted by Crippen LogP contribution is 2.38. The SMILES string of the molecule is Cc1cc(C)n(CCNC(=O)Cn2nc(C3CC3)ccc2=O)n1. The van der Waals surface area contributed by atoms with Gasteiger partial charge in [-0.2, -0.15) is 10.2 Å². The number of hydrogen-bond donors (Lipinski definition) is 1. The molecule has 7 heteroatoms. The zero-order valence-electron chi connectivity index (χ0n) is 13.5. The molecule has 0 bridgehead atoms. The third kappa shape index (κ3) is 3.85. The molecular formula is C16H21N5O2. The van der Waals surface area contributed by atoms with Crippen molar-refractivity contribution in [3.05, 3.63) is 45.6 Å². The number of carbonyl (C=O) groups is 1. The van der Waals surface area contributed by atoms with Crippen LogP contribution in [0, 0.1) is 13.8 Å². The summed E-state index contributed by atoms with van der Waals surface area (Å²) in [4.78, 5) is 23.8. The Morgan fingerprint density at radius 1 is 1.26 bits per heavy atom. The Balaban J connectivity index is 1.54. The van der Waals surface area contributed by atoms with E-state index in [9.17, 15) is 9.59 Å². The number of rotatable bonds is 6. The van der Waals surface area contributed by atoms with Gasteiger partial charge in [0.15, 0.2) is 0 Å². The van der Waals surface area contributed by atoms with Crippen LogP contribution in [0.2, 0.25) is 0 Å². The van der Waals surface area contributed by atoms with Crippen LogP contribution in [0.5, 0.6) is 0 Å². The average molecular weight is 315 g/mol. The molecule has 1 aliphatic carbocycles. The summed E-state index contributed by atoms with van der Waals surface area (Å²) < 4.78 is 3.10. The maximum absolute atomic E-state index is 12.0. The van der Waals surface area contributed by atoms with Crippen LogP contribution in [-0.2, 0) is 17.9 Å². The summed E-state index contributed by atoms with van der Waals surface area (Å²) in [7, 11) is 0. The minimum Gasteiger partial charge on any atom is -0.353 e. The van der Waals surface area contributed by atoms with Crippen molar-refractivity contribution < 1.29 is 4.79 Å². The van der Waals surface area contributed by atoms with Gasteiger partial charge in [-0.15, -0.1) is 0 Å². The Morgan fingerprint density at radius 2 is 2.04 bits per heavy atom. The molecule has 0 aliphatic heterocycles. The quantitative estimate of drug-likeness (QED) is 0.853. The molecule has 122 valence electrons. The van der Waals surface area contributed by atoms with E-state index in [1.807, 2.05) is 24.6 Å². The van der Waals surface area contributed by atoms with Crippen LogP contribution in [-0.4, -0.2) is 32.0 Å². The standard InChI is InChI=1S/C16H21N5O2/c1-11-9-12(2)20(18-11)8-7-17-15(22)10-21-16(23)6-5-14(19-21)13-3-4-13/h5-6,9,13H,3-4,7-8,10H2,1-2H3,(H,17,22). The fraction of sp³-hybridized carbons (Fsp3) is 0.500. The number of aryl methyl sites for hydroxylation is 2. The largest absolute Gasteiger partial charge is 0.353 e. The second kappa shape index (κ2) is 6.36. The van der Waals surface area contributed by atoms with E-state index < -0.39 is 0 Å². The fourth-order valence-electron chi connectivity index (χ4n) is 2.57. The van der Waals surface area contributed by atoms with Gasteiger partial charge in [-0.05, 0) is 38.8 Å². The van der Waals surface area contributed by atoms with Gasteiger partial charge < -0.3 is 5.32 Å². The molecule has 7 nitrogen and oxygen atoms in total. The number of aromatic nitrogens is 4. The van der Waals surface area contributed by atoms with E-state index in [4.69, 9.17) is 0 Å². The number of amides is 1. The highest BCUT2D eigenvalue weighted by Gasteiger charge is 2.25. The van der Waals surface area contributed by atoms with Gasteiger partial charge in [0.05, 0.1) is 17.9 Å². The van der Waals surface area contributed by atoms with Crippen molar-refractivity contribution in [2.45, 2.75) is 45.7 Å². The third-order valence-electron chi connectivity index (χ3n) is 3.93. The van der Waals surface area contributed by atoms with Crippen molar-refractivity contribution in [1.82, 2.24) is 24.9 Å². The van der Waals surface area contributed by atoms with Crippen LogP contribution < -0.4 is 10.9 Å². The maximum Gasteiger partial charge on any atom is 0.267 e. The zero-order valence-corrected chi connectivity index (χ0v) is 13.5. The van der Waals surface area contributed by atoms with Crippen LogP contribution in [0.15, 0.2) is 23.0 Å². The minimum atomic E-state index is -0.247. The normalized spacial score (nSPS) is 14.0. The van der Waals surface area contributed by atoms with Crippen LogP contribution in [0.25, 0.3) is 0 Å². The predicted molar refractivity (Wildman–Crippen MR) is 85.2 cm³/mol. The van der Waals surface area contributed by atoms with Crippen LogP contribution in [0.3, 0.4) is 0 Å². The molecule has 2 heterocycles. The summed E-state index contributed by atoms with van der Waals surface area (Å²) in [6.45, 7) is 4.95. The lowest BCUT2D eigenvalue weighted by Crippen LogP contribution is -2.35. The summed E-state index contributed by atoms with van der Waals surface area (Å²) in [6, 6.07) is 5.25. The number of nitrogens with one attached hydrogen (secondary N) is 1. The van der Waals surface area contributed by atoms with Crippen LogP contribution in [0.4, 0.5) is 0 Å². The summed E-state index contributed by atoms with van der Waals surface area (Å²) in [5.41, 5.74) is 2.68. The summed E-state index contributed by atoms with van der Waals surface area (Å²) in [6.07, 6.45) is 2.22. The maximum atomic E-state index is 12.0. The molecule has 1 saturated carbocycles. The van der Waals surface area contributed by atoms with E-state index in [2.05, 4.69) is 15.5 Å². The molecule has 0 atom stereocenters. The Labute approximate surface area is 134 Å². The first kappa shape index (κ1) is 15.5. The van der Waals surface area contributed by atoms with Gasteiger partial charge in [-0.1, -0.05) is 0 Å². The average Bonchev–Trinajstić information content (AvgIpc) is 3.28. The lowest BCUT2D eigenvalue weighted by Gasteiger charge is -2.08. The van der Waals surface area contributed by atoms with Crippen molar-refractivity contribution in [1.29, 1.82) is 0 Å². The minimum absolute atomic E-state index is 0.0451. The molecule has 0 unspecified atom stereocenters. The van der Waals surface area contributed by atoms with Crippen molar-refractivity contribution in [2.75, 3.05) is 6.54 Å². The van der Waals surface area contributed by atoms with Crippen LogP contribution in [0.1, 0.15) is 35.8 Å². The topological polar surface area (TPSA) is 81.8 Å². The van der Waals surface area contributed by atoms with E-state index >= 15 is 0 Å². The molecule has 1 amide bonds. The molecule has 0 radical (unpaired) electrons. The van der Waals surface area contributed by atoms with Crippen molar-refractivity contribution in [2.24, 2.45) is 0 Å². The van der Waals surface area contributed by atoms with Gasteiger partial charge >= 0.3 is 0 Å². The van der Waals surface area contributed by atoms with E-state index in [1.165, 1.54) is 10.7 Å². The van der Waals surface area contributed by atoms with E-state index in [0.717, 1.165) is 29.9 Å². The zero-order chi connectivity index (χ0) is 16.4. The first-order valence-corrected chi connectivity index (χ1v) is 7.89. The Kier molecular flexibility index (Phi) is 4.27. The first-order valence-electron chi connectivity index (χ1n) is 7.89. The number of nitrogens with zero attached hydrogens (tertiary/aromatic N) is 4. The molecule has 23 heavy (non-hydrogen) atoms. The summed E-state index contributed by atoms with van der Waals surface area (Å²) in [5.74, 6) is 0.241. The molecule has 1 fully saturated rings. The third-order valence-corrected chi connectivity index (χ3v) is 3.93. The first-order chi connectivity index (χ1) is 11.0. The van der Waals surface area contributed by atoms with E-state index in [1.54, 1.807) is 6.07 Å². The number of hydrogen-bond acceptors (Lipinski definition) is 4. The van der Waals surface area contributed by atoms with Gasteiger partial charge in [0, 0.05) is 24.2 Å². The second-order valence-corrected chi connectivity index (χ2v) is 6.03. The smallest absolute Gasteiger partial charge is 0.267 e. The molecule has 0 aromatic carbocycles. The molecular weight excluding hydrogens is 294 g/mol. The lowest BCUT2D eigenvalue weighted by molar-refractivity contribution is -0.121. The van der Waals surface area contributed by atoms with Gasteiger partial charge in [0.1, 0.15) is 6.54 Å². The van der Waals surface area contributed by atoms with Crippen molar-refractivity contribution >= 4 is 5.91 Å². The Hall–Kier alpha value is -2.44. The molecule has 2 aromatic rings. The lowest BCUT2D eigenvalue weighted by atomic mass is 10.3. The fourth-order valence-corrected chi connectivity index (χ4v) is 2.57. The van der Waals surface area contributed by atoms with Gasteiger partial charge in [0.2, 0.25) is 5.91 Å². The van der Waals surface area contributed by atoms with Gasteiger partial charge in [-0.3, -0.25) is 14.3 Å². The Morgan fingerprint density at radius 3 is 2.70 bits per heavy atom. The van der Waals surface area contributed by atoms with Gasteiger partial charge in [0.25, 0.3) is 5.56 Å². The van der Waals surface area contributed by atoms with E-state index in [-0.39, 0.29) is 18.0 Å². The predicted octanol–water partition coefficient (Wildman–Crippen LogP) is 0.750. The summed E-state index contributed by atoms with van der Waals surface area (Å²) >= 11 is 0.